The molecule has 0 aliphatic carbocycles. The second-order valence-electron chi connectivity index (χ2n) is 13.7. The molecule has 0 aliphatic heterocycles. The SMILES string of the molecule is c1ccc(-c2ccc(N(c3ccccc3-c3ccc4oc5c6ccccc6ccc5c4c3)c3ccc(-c4ccccc4)cc3-c3ccccc3)cc2)cc1. The molecule has 2 heteroatoms. The fraction of sp³-hybridized carbons (Fsp3) is 0. The Bertz CT molecular complexity index is 2910. The maximum absolute atomic E-state index is 6.52. The van der Waals surface area contributed by atoms with E-state index in [4.69, 9.17) is 4.42 Å². The molecule has 2 nitrogen and oxygen atoms in total. The Labute approximate surface area is 314 Å². The minimum Gasteiger partial charge on any atom is -0.455 e. The molecule has 0 fully saturated rings. The zero-order chi connectivity index (χ0) is 35.8. The summed E-state index contributed by atoms with van der Waals surface area (Å²) in [6, 6.07) is 75.9. The quantitative estimate of drug-likeness (QED) is 0.166. The molecule has 10 aromatic rings. The third kappa shape index (κ3) is 5.62. The zero-order valence-corrected chi connectivity index (χ0v) is 29.6. The Morgan fingerprint density at radius 2 is 0.889 bits per heavy atom. The molecular formula is C52H35NO. The van der Waals surface area contributed by atoms with Crippen LogP contribution in [0.3, 0.4) is 0 Å². The van der Waals surface area contributed by atoms with Crippen LogP contribution in [0, 0.1) is 0 Å². The lowest BCUT2D eigenvalue weighted by atomic mass is 9.95. The highest BCUT2D eigenvalue weighted by Crippen LogP contribution is 2.47. The second-order valence-corrected chi connectivity index (χ2v) is 13.7. The Kier molecular flexibility index (Phi) is 7.85. The van der Waals surface area contributed by atoms with E-state index < -0.39 is 0 Å². The molecule has 0 aliphatic rings. The van der Waals surface area contributed by atoms with Crippen LogP contribution in [-0.2, 0) is 0 Å². The van der Waals surface area contributed by atoms with Crippen LogP contribution in [0.15, 0.2) is 217 Å². The minimum atomic E-state index is 0.888. The van der Waals surface area contributed by atoms with Crippen LogP contribution < -0.4 is 4.90 Å². The first kappa shape index (κ1) is 31.6. The molecule has 254 valence electrons. The summed E-state index contributed by atoms with van der Waals surface area (Å²) in [5.41, 5.74) is 14.4. The summed E-state index contributed by atoms with van der Waals surface area (Å²) in [6.07, 6.45) is 0. The maximum Gasteiger partial charge on any atom is 0.143 e. The number of anilines is 3. The lowest BCUT2D eigenvalue weighted by Gasteiger charge is -2.30. The summed E-state index contributed by atoms with van der Waals surface area (Å²) >= 11 is 0. The van der Waals surface area contributed by atoms with E-state index in [0.29, 0.717) is 0 Å². The average Bonchev–Trinajstić information content (AvgIpc) is 3.64. The number of hydrogen-bond acceptors (Lipinski definition) is 2. The van der Waals surface area contributed by atoms with Gasteiger partial charge in [0.05, 0.1) is 11.4 Å². The first-order valence-electron chi connectivity index (χ1n) is 18.4. The van der Waals surface area contributed by atoms with Gasteiger partial charge < -0.3 is 9.32 Å². The summed E-state index contributed by atoms with van der Waals surface area (Å²) in [5.74, 6) is 0. The molecule has 0 bridgehead atoms. The maximum atomic E-state index is 6.52. The first-order chi connectivity index (χ1) is 26.8. The molecule has 0 unspecified atom stereocenters. The molecule has 1 aromatic heterocycles. The van der Waals surface area contributed by atoms with Crippen molar-refractivity contribution in [1.82, 2.24) is 0 Å². The van der Waals surface area contributed by atoms with Crippen LogP contribution in [0.1, 0.15) is 0 Å². The van der Waals surface area contributed by atoms with Gasteiger partial charge in [-0.2, -0.15) is 0 Å². The van der Waals surface area contributed by atoms with Gasteiger partial charge in [0.2, 0.25) is 0 Å². The Morgan fingerprint density at radius 1 is 0.315 bits per heavy atom. The van der Waals surface area contributed by atoms with Gasteiger partial charge in [-0.05, 0) is 87.3 Å². The molecule has 1 heterocycles. The Hall–Kier alpha value is -7.16. The largest absolute Gasteiger partial charge is 0.455 e. The van der Waals surface area contributed by atoms with Crippen LogP contribution in [0.2, 0.25) is 0 Å². The van der Waals surface area contributed by atoms with Gasteiger partial charge in [-0.1, -0.05) is 164 Å². The van der Waals surface area contributed by atoms with Gasteiger partial charge in [0.1, 0.15) is 11.2 Å². The van der Waals surface area contributed by atoms with Crippen molar-refractivity contribution in [2.24, 2.45) is 0 Å². The lowest BCUT2D eigenvalue weighted by Crippen LogP contribution is -2.12. The number of rotatable bonds is 7. The third-order valence-electron chi connectivity index (χ3n) is 10.5. The summed E-state index contributed by atoms with van der Waals surface area (Å²) in [4.78, 5) is 2.42. The summed E-state index contributed by atoms with van der Waals surface area (Å²) < 4.78 is 6.52. The summed E-state index contributed by atoms with van der Waals surface area (Å²) in [5, 5.41) is 4.54. The molecule has 0 atom stereocenters. The van der Waals surface area contributed by atoms with Crippen molar-refractivity contribution in [1.29, 1.82) is 0 Å². The van der Waals surface area contributed by atoms with E-state index in [9.17, 15) is 0 Å². The summed E-state index contributed by atoms with van der Waals surface area (Å²) in [6.45, 7) is 0. The predicted molar refractivity (Wildman–Crippen MR) is 228 cm³/mol. The van der Waals surface area contributed by atoms with E-state index in [0.717, 1.165) is 66.6 Å². The Balaban J connectivity index is 1.19. The highest BCUT2D eigenvalue weighted by Gasteiger charge is 2.22. The third-order valence-corrected chi connectivity index (χ3v) is 10.5. The van der Waals surface area contributed by atoms with Gasteiger partial charge in [-0.15, -0.1) is 0 Å². The van der Waals surface area contributed by atoms with Crippen LogP contribution in [0.4, 0.5) is 17.1 Å². The fourth-order valence-corrected chi connectivity index (χ4v) is 7.82. The standard InChI is InChI=1S/C52H35NO/c1-4-14-36(15-5-1)38-24-29-43(30-25-38)53(50-32-27-41(37-16-6-2-7-17-37)34-47(50)39-18-8-3-9-19-39)49-23-13-12-21-44(49)42-28-33-51-48(35-42)46-31-26-40-20-10-11-22-45(40)52(46)54-51/h1-35H. The molecule has 0 N–H and O–H groups in total. The Morgan fingerprint density at radius 3 is 1.65 bits per heavy atom. The van der Waals surface area contributed by atoms with Crippen molar-refractivity contribution in [3.63, 3.8) is 0 Å². The molecule has 9 aromatic carbocycles. The molecule has 0 saturated heterocycles. The lowest BCUT2D eigenvalue weighted by molar-refractivity contribution is 0.672. The molecule has 0 radical (unpaired) electrons. The molecule has 0 spiro atoms. The van der Waals surface area contributed by atoms with Crippen molar-refractivity contribution in [3.8, 4) is 44.5 Å². The number of fused-ring (bicyclic) bond motifs is 5. The van der Waals surface area contributed by atoms with E-state index in [1.54, 1.807) is 0 Å². The highest BCUT2D eigenvalue weighted by molar-refractivity contribution is 6.15. The topological polar surface area (TPSA) is 16.4 Å². The van der Waals surface area contributed by atoms with Crippen molar-refractivity contribution >= 4 is 49.8 Å². The van der Waals surface area contributed by atoms with Crippen molar-refractivity contribution in [3.05, 3.63) is 212 Å². The van der Waals surface area contributed by atoms with E-state index >= 15 is 0 Å². The van der Waals surface area contributed by atoms with Crippen LogP contribution in [0.5, 0.6) is 0 Å². The van der Waals surface area contributed by atoms with Crippen LogP contribution >= 0.6 is 0 Å². The molecule has 10 rings (SSSR count). The van der Waals surface area contributed by atoms with Crippen molar-refractivity contribution in [2.45, 2.75) is 0 Å². The zero-order valence-electron chi connectivity index (χ0n) is 29.6. The van der Waals surface area contributed by atoms with E-state index in [2.05, 4.69) is 217 Å². The van der Waals surface area contributed by atoms with E-state index in [1.807, 2.05) is 0 Å². The molecule has 54 heavy (non-hydrogen) atoms. The van der Waals surface area contributed by atoms with Gasteiger partial charge in [0, 0.05) is 33.0 Å². The van der Waals surface area contributed by atoms with E-state index in [1.165, 1.54) is 27.6 Å². The highest BCUT2D eigenvalue weighted by atomic mass is 16.3. The second kappa shape index (κ2) is 13.4. The molecular weight excluding hydrogens is 655 g/mol. The van der Waals surface area contributed by atoms with Gasteiger partial charge >= 0.3 is 0 Å². The van der Waals surface area contributed by atoms with Gasteiger partial charge in [-0.3, -0.25) is 0 Å². The van der Waals surface area contributed by atoms with Crippen LogP contribution in [-0.4, -0.2) is 0 Å². The predicted octanol–water partition coefficient (Wildman–Crippen LogP) is 14.9. The van der Waals surface area contributed by atoms with Crippen molar-refractivity contribution < 1.29 is 4.42 Å². The summed E-state index contributed by atoms with van der Waals surface area (Å²) in [7, 11) is 0. The number of hydrogen-bond donors (Lipinski definition) is 0. The first-order valence-corrected chi connectivity index (χ1v) is 18.4. The van der Waals surface area contributed by atoms with E-state index in [-0.39, 0.29) is 0 Å². The fourth-order valence-electron chi connectivity index (χ4n) is 7.82. The number of nitrogens with zero attached hydrogens (tertiary/aromatic N) is 1. The molecule has 0 saturated carbocycles. The number of para-hydroxylation sites is 1. The van der Waals surface area contributed by atoms with Gasteiger partial charge in [0.25, 0.3) is 0 Å². The average molecular weight is 690 g/mol. The van der Waals surface area contributed by atoms with Crippen molar-refractivity contribution in [2.75, 3.05) is 4.90 Å². The minimum absolute atomic E-state index is 0.888. The number of benzene rings is 9. The monoisotopic (exact) mass is 689 g/mol. The smallest absolute Gasteiger partial charge is 0.143 e. The number of furan rings is 1. The normalized spacial score (nSPS) is 11.3. The van der Waals surface area contributed by atoms with Crippen LogP contribution in [0.25, 0.3) is 77.2 Å². The van der Waals surface area contributed by atoms with Gasteiger partial charge in [-0.25, -0.2) is 0 Å². The van der Waals surface area contributed by atoms with Gasteiger partial charge in [0.15, 0.2) is 0 Å². The molecule has 0 amide bonds.